The van der Waals surface area contributed by atoms with Crippen molar-refractivity contribution in [2.45, 2.75) is 19.9 Å². The number of esters is 1. The fourth-order valence-corrected chi connectivity index (χ4v) is 1.95. The highest BCUT2D eigenvalue weighted by atomic mass is 32.2. The Hall–Kier alpha value is -1.37. The average molecular weight is 260 g/mol. The summed E-state index contributed by atoms with van der Waals surface area (Å²) in [5, 5.41) is 3.96. The summed E-state index contributed by atoms with van der Waals surface area (Å²) in [5.74, 6) is -0.302. The number of rotatable bonds is 6. The van der Waals surface area contributed by atoms with Gasteiger partial charge in [-0.1, -0.05) is 0 Å². The number of aromatic nitrogens is 2. The number of hydrogen-bond donors (Lipinski definition) is 0. The van der Waals surface area contributed by atoms with Crippen LogP contribution in [0.5, 0.6) is 0 Å². The fourth-order valence-electron chi connectivity index (χ4n) is 1.29. The van der Waals surface area contributed by atoms with Gasteiger partial charge in [0.2, 0.25) is 0 Å². The van der Waals surface area contributed by atoms with Gasteiger partial charge in [0.15, 0.2) is 0 Å². The summed E-state index contributed by atoms with van der Waals surface area (Å²) in [6.07, 6.45) is 4.64. The van der Waals surface area contributed by atoms with Crippen LogP contribution < -0.4 is 0 Å². The molecule has 0 amide bonds. The highest BCUT2D eigenvalue weighted by Crippen LogP contribution is 2.02. The normalized spacial score (nSPS) is 11.4. The van der Waals surface area contributed by atoms with Crippen molar-refractivity contribution in [1.82, 2.24) is 9.78 Å². The largest absolute Gasteiger partial charge is 0.462 e. The van der Waals surface area contributed by atoms with E-state index >= 15 is 0 Å². The molecule has 1 heterocycles. The van der Waals surface area contributed by atoms with Gasteiger partial charge >= 0.3 is 5.97 Å². The van der Waals surface area contributed by atoms with E-state index in [4.69, 9.17) is 4.74 Å². The molecular weight excluding hydrogens is 244 g/mol. The van der Waals surface area contributed by atoms with Crippen molar-refractivity contribution in [2.24, 2.45) is 0 Å². The van der Waals surface area contributed by atoms with Crippen molar-refractivity contribution in [2.75, 3.05) is 18.6 Å². The molecule has 1 aromatic rings. The highest BCUT2D eigenvalue weighted by Gasteiger charge is 2.09. The van der Waals surface area contributed by atoms with Crippen molar-refractivity contribution in [3.63, 3.8) is 0 Å². The molecule has 0 atom stereocenters. The van der Waals surface area contributed by atoms with Crippen molar-refractivity contribution in [3.8, 4) is 0 Å². The first-order valence-electron chi connectivity index (χ1n) is 5.29. The number of nitrogens with zero attached hydrogens (tertiary/aromatic N) is 2. The second kappa shape index (κ2) is 5.81. The average Bonchev–Trinajstić information content (AvgIpc) is 2.65. The van der Waals surface area contributed by atoms with E-state index in [0.29, 0.717) is 25.1 Å². The maximum absolute atomic E-state index is 11.3. The van der Waals surface area contributed by atoms with Gasteiger partial charge in [-0.2, -0.15) is 5.10 Å². The molecule has 6 nitrogen and oxygen atoms in total. The molecule has 0 saturated carbocycles. The molecule has 0 aliphatic rings. The first-order valence-corrected chi connectivity index (χ1v) is 7.35. The van der Waals surface area contributed by atoms with E-state index < -0.39 is 15.8 Å². The molecule has 0 aliphatic carbocycles. The van der Waals surface area contributed by atoms with Gasteiger partial charge < -0.3 is 4.74 Å². The van der Waals surface area contributed by atoms with Crippen LogP contribution in [0.15, 0.2) is 12.4 Å². The van der Waals surface area contributed by atoms with Crippen molar-refractivity contribution >= 4 is 15.8 Å². The topological polar surface area (TPSA) is 78.3 Å². The van der Waals surface area contributed by atoms with Crippen molar-refractivity contribution in [3.05, 3.63) is 18.0 Å². The van der Waals surface area contributed by atoms with Gasteiger partial charge in [0.1, 0.15) is 9.84 Å². The Balaban J connectivity index is 2.49. The van der Waals surface area contributed by atoms with Crippen LogP contribution in [0.2, 0.25) is 0 Å². The van der Waals surface area contributed by atoms with Crippen molar-refractivity contribution < 1.29 is 17.9 Å². The van der Waals surface area contributed by atoms with Crippen LogP contribution in [-0.2, 0) is 21.1 Å². The minimum Gasteiger partial charge on any atom is -0.462 e. The molecule has 0 bridgehead atoms. The van der Waals surface area contributed by atoms with Gasteiger partial charge in [0.05, 0.1) is 24.1 Å². The molecule has 0 spiro atoms. The zero-order chi connectivity index (χ0) is 12.9. The van der Waals surface area contributed by atoms with Crippen LogP contribution in [0.25, 0.3) is 0 Å². The Kier molecular flexibility index (Phi) is 4.68. The lowest BCUT2D eigenvalue weighted by Crippen LogP contribution is -2.08. The SMILES string of the molecule is CCOC(=O)c1cnn(CCCS(C)(=O)=O)c1. The Morgan fingerprint density at radius 1 is 1.53 bits per heavy atom. The maximum Gasteiger partial charge on any atom is 0.341 e. The lowest BCUT2D eigenvalue weighted by atomic mass is 10.4. The van der Waals surface area contributed by atoms with Crippen LogP contribution in [0.4, 0.5) is 0 Å². The van der Waals surface area contributed by atoms with Gasteiger partial charge in [-0.05, 0) is 13.3 Å². The van der Waals surface area contributed by atoms with E-state index in [1.807, 2.05) is 0 Å². The van der Waals surface area contributed by atoms with Crippen LogP contribution in [-0.4, -0.2) is 42.8 Å². The first-order chi connectivity index (χ1) is 7.92. The molecule has 0 radical (unpaired) electrons. The summed E-state index contributed by atoms with van der Waals surface area (Å²) in [6.45, 7) is 2.51. The Morgan fingerprint density at radius 2 is 2.24 bits per heavy atom. The molecule has 17 heavy (non-hydrogen) atoms. The summed E-state index contributed by atoms with van der Waals surface area (Å²) in [5.41, 5.74) is 0.381. The van der Waals surface area contributed by atoms with Crippen LogP contribution in [0.1, 0.15) is 23.7 Å². The standard InChI is InChI=1S/C10H16N2O4S/c1-3-16-10(13)9-7-11-12(8-9)5-4-6-17(2,14)15/h7-8H,3-6H2,1-2H3. The summed E-state index contributed by atoms with van der Waals surface area (Å²) in [6, 6.07) is 0. The minimum atomic E-state index is -2.95. The zero-order valence-electron chi connectivity index (χ0n) is 9.92. The molecule has 7 heteroatoms. The maximum atomic E-state index is 11.3. The molecule has 0 unspecified atom stereocenters. The Morgan fingerprint density at radius 3 is 2.82 bits per heavy atom. The van der Waals surface area contributed by atoms with Crippen molar-refractivity contribution in [1.29, 1.82) is 0 Å². The van der Waals surface area contributed by atoms with Gasteiger partial charge in [-0.15, -0.1) is 0 Å². The second-order valence-electron chi connectivity index (χ2n) is 3.70. The number of sulfone groups is 1. The van der Waals surface area contributed by atoms with Gasteiger partial charge in [0, 0.05) is 19.0 Å². The van der Waals surface area contributed by atoms with Crippen LogP contribution in [0.3, 0.4) is 0 Å². The summed E-state index contributed by atoms with van der Waals surface area (Å²) in [4.78, 5) is 11.3. The van der Waals surface area contributed by atoms with E-state index in [-0.39, 0.29) is 5.75 Å². The Bertz CT molecular complexity index is 478. The zero-order valence-corrected chi connectivity index (χ0v) is 10.7. The van der Waals surface area contributed by atoms with Crippen LogP contribution in [0, 0.1) is 0 Å². The number of carbonyl (C=O) groups is 1. The third-order valence-electron chi connectivity index (χ3n) is 2.05. The third kappa shape index (κ3) is 4.99. The van der Waals surface area contributed by atoms with Gasteiger partial charge in [-0.3, -0.25) is 4.68 Å². The summed E-state index contributed by atoms with van der Waals surface area (Å²) in [7, 11) is -2.95. The molecule has 0 aliphatic heterocycles. The molecule has 0 aromatic carbocycles. The fraction of sp³-hybridized carbons (Fsp3) is 0.600. The third-order valence-corrected chi connectivity index (χ3v) is 3.08. The lowest BCUT2D eigenvalue weighted by Gasteiger charge is -2.00. The molecule has 0 fully saturated rings. The number of hydrogen-bond acceptors (Lipinski definition) is 5. The summed E-state index contributed by atoms with van der Waals surface area (Å²) >= 11 is 0. The van der Waals surface area contributed by atoms with E-state index in [9.17, 15) is 13.2 Å². The molecular formula is C10H16N2O4S. The van der Waals surface area contributed by atoms with E-state index in [2.05, 4.69) is 5.10 Å². The predicted octanol–water partition coefficient (Wildman–Crippen LogP) is 0.495. The Labute approximate surface area is 100 Å². The highest BCUT2D eigenvalue weighted by molar-refractivity contribution is 7.90. The number of carbonyl (C=O) groups excluding carboxylic acids is 1. The number of aryl methyl sites for hydroxylation is 1. The molecule has 1 rings (SSSR count). The second-order valence-corrected chi connectivity index (χ2v) is 5.96. The minimum absolute atomic E-state index is 0.113. The quantitative estimate of drug-likeness (QED) is 0.696. The molecule has 1 aromatic heterocycles. The van der Waals surface area contributed by atoms with Gasteiger partial charge in [-0.25, -0.2) is 13.2 Å². The van der Waals surface area contributed by atoms with E-state index in [0.717, 1.165) is 0 Å². The monoisotopic (exact) mass is 260 g/mol. The lowest BCUT2D eigenvalue weighted by molar-refractivity contribution is 0.0526. The van der Waals surface area contributed by atoms with Gasteiger partial charge in [0.25, 0.3) is 0 Å². The summed E-state index contributed by atoms with van der Waals surface area (Å²) < 4.78 is 28.2. The first kappa shape index (κ1) is 13.7. The molecule has 0 N–H and O–H groups in total. The van der Waals surface area contributed by atoms with Crippen LogP contribution >= 0.6 is 0 Å². The molecule has 0 saturated heterocycles. The smallest absolute Gasteiger partial charge is 0.341 e. The van der Waals surface area contributed by atoms with E-state index in [1.54, 1.807) is 13.1 Å². The predicted molar refractivity (Wildman–Crippen MR) is 62.5 cm³/mol. The van der Waals surface area contributed by atoms with E-state index in [1.165, 1.54) is 17.1 Å². The number of ether oxygens (including phenoxy) is 1. The molecule has 96 valence electrons.